The summed E-state index contributed by atoms with van der Waals surface area (Å²) >= 11 is 0. The molecule has 0 amide bonds. The topological polar surface area (TPSA) is 58.4 Å². The summed E-state index contributed by atoms with van der Waals surface area (Å²) in [6.45, 7) is 11.0. The number of anilines is 1. The average Bonchev–Trinajstić information content (AvgIpc) is 3.25. The first-order chi connectivity index (χ1) is 16.9. The van der Waals surface area contributed by atoms with E-state index in [0.717, 1.165) is 49.4 Å². The number of rotatable bonds is 7. The minimum absolute atomic E-state index is 0.0729. The predicted molar refractivity (Wildman–Crippen MR) is 142 cm³/mol. The SMILES string of the molecule is CCCCn1c(-c2ccc(N(CC)CC)cc2)nc2c3c(ccc21)C(C)(O)c1ccccc1C3=O. The van der Waals surface area contributed by atoms with Crippen LogP contribution < -0.4 is 4.90 Å². The van der Waals surface area contributed by atoms with Gasteiger partial charge in [-0.05, 0) is 63.1 Å². The number of unbranched alkanes of at least 4 members (excludes halogenated alkanes) is 1. The third-order valence-corrected chi connectivity index (χ3v) is 7.36. The summed E-state index contributed by atoms with van der Waals surface area (Å²) in [5, 5.41) is 11.5. The fourth-order valence-corrected chi connectivity index (χ4v) is 5.39. The molecule has 4 aromatic rings. The molecule has 0 bridgehead atoms. The highest BCUT2D eigenvalue weighted by Crippen LogP contribution is 2.42. The van der Waals surface area contributed by atoms with Crippen LogP contribution in [-0.2, 0) is 12.1 Å². The highest BCUT2D eigenvalue weighted by molar-refractivity contribution is 6.19. The van der Waals surface area contributed by atoms with Crippen molar-refractivity contribution in [2.75, 3.05) is 18.0 Å². The Hall–Kier alpha value is -3.44. The Morgan fingerprint density at radius 1 is 0.943 bits per heavy atom. The van der Waals surface area contributed by atoms with Gasteiger partial charge in [-0.2, -0.15) is 0 Å². The number of carbonyl (C=O) groups is 1. The van der Waals surface area contributed by atoms with Crippen LogP contribution in [0.5, 0.6) is 0 Å². The molecule has 5 nitrogen and oxygen atoms in total. The first kappa shape index (κ1) is 23.3. The molecule has 1 heterocycles. The van der Waals surface area contributed by atoms with E-state index in [1.165, 1.54) is 5.69 Å². The van der Waals surface area contributed by atoms with Gasteiger partial charge in [-0.15, -0.1) is 0 Å². The van der Waals surface area contributed by atoms with Gasteiger partial charge in [0.2, 0.25) is 0 Å². The molecule has 0 saturated heterocycles. The van der Waals surface area contributed by atoms with E-state index in [9.17, 15) is 9.90 Å². The molecular weight excluding hydrogens is 434 g/mol. The number of aryl methyl sites for hydroxylation is 1. The summed E-state index contributed by atoms with van der Waals surface area (Å²) in [6.07, 6.45) is 2.08. The van der Waals surface area contributed by atoms with Gasteiger partial charge in [-0.1, -0.05) is 43.7 Å². The number of fused-ring (bicyclic) bond motifs is 4. The van der Waals surface area contributed by atoms with Gasteiger partial charge < -0.3 is 14.6 Å². The fourth-order valence-electron chi connectivity index (χ4n) is 5.39. The van der Waals surface area contributed by atoms with Crippen LogP contribution in [0.4, 0.5) is 5.69 Å². The number of hydrogen-bond acceptors (Lipinski definition) is 4. The van der Waals surface area contributed by atoms with Crippen molar-refractivity contribution in [3.8, 4) is 11.4 Å². The lowest BCUT2D eigenvalue weighted by Crippen LogP contribution is -2.33. The van der Waals surface area contributed by atoms with E-state index in [2.05, 4.69) is 54.5 Å². The third kappa shape index (κ3) is 3.66. The molecule has 0 fully saturated rings. The Bertz CT molecular complexity index is 1400. The zero-order valence-electron chi connectivity index (χ0n) is 21.0. The van der Waals surface area contributed by atoms with Crippen LogP contribution in [0, 0.1) is 0 Å². The molecule has 3 aromatic carbocycles. The Labute approximate surface area is 207 Å². The number of benzene rings is 3. The number of imidazole rings is 1. The third-order valence-electron chi connectivity index (χ3n) is 7.36. The molecule has 1 atom stereocenters. The molecule has 1 aromatic heterocycles. The van der Waals surface area contributed by atoms with Gasteiger partial charge in [-0.25, -0.2) is 4.98 Å². The van der Waals surface area contributed by atoms with Gasteiger partial charge in [0, 0.05) is 42.0 Å². The molecule has 35 heavy (non-hydrogen) atoms. The van der Waals surface area contributed by atoms with Crippen molar-refractivity contribution in [3.63, 3.8) is 0 Å². The smallest absolute Gasteiger partial charge is 0.196 e. The van der Waals surface area contributed by atoms with Crippen molar-refractivity contribution in [1.82, 2.24) is 9.55 Å². The Morgan fingerprint density at radius 3 is 2.34 bits per heavy atom. The van der Waals surface area contributed by atoms with Crippen molar-refractivity contribution in [2.24, 2.45) is 0 Å². The monoisotopic (exact) mass is 467 g/mol. The van der Waals surface area contributed by atoms with Crippen molar-refractivity contribution in [2.45, 2.75) is 52.7 Å². The lowest BCUT2D eigenvalue weighted by atomic mass is 9.75. The van der Waals surface area contributed by atoms with E-state index in [1.807, 2.05) is 30.3 Å². The molecule has 5 rings (SSSR count). The molecule has 0 radical (unpaired) electrons. The van der Waals surface area contributed by atoms with E-state index in [4.69, 9.17) is 4.98 Å². The van der Waals surface area contributed by atoms with Crippen LogP contribution in [0.3, 0.4) is 0 Å². The molecule has 1 N–H and O–H groups in total. The summed E-state index contributed by atoms with van der Waals surface area (Å²) in [5.41, 5.74) is 4.89. The Morgan fingerprint density at radius 2 is 1.66 bits per heavy atom. The van der Waals surface area contributed by atoms with Gasteiger partial charge >= 0.3 is 0 Å². The van der Waals surface area contributed by atoms with Gasteiger partial charge in [0.15, 0.2) is 5.78 Å². The number of nitrogens with zero attached hydrogens (tertiary/aromatic N) is 3. The number of carbonyl (C=O) groups excluding carboxylic acids is 1. The van der Waals surface area contributed by atoms with Gasteiger partial charge in [0.1, 0.15) is 16.9 Å². The fraction of sp³-hybridized carbons (Fsp3) is 0.333. The Kier molecular flexibility index (Phi) is 5.97. The molecule has 5 heteroatoms. The van der Waals surface area contributed by atoms with Crippen molar-refractivity contribution in [3.05, 3.63) is 82.9 Å². The molecule has 0 spiro atoms. The van der Waals surface area contributed by atoms with Crippen molar-refractivity contribution < 1.29 is 9.90 Å². The van der Waals surface area contributed by atoms with E-state index in [-0.39, 0.29) is 5.78 Å². The number of aromatic nitrogens is 2. The lowest BCUT2D eigenvalue weighted by molar-refractivity contribution is 0.0865. The van der Waals surface area contributed by atoms with Crippen LogP contribution in [0.1, 0.15) is 67.6 Å². The highest BCUT2D eigenvalue weighted by Gasteiger charge is 2.40. The minimum atomic E-state index is -1.26. The molecule has 1 aliphatic rings. The van der Waals surface area contributed by atoms with Crippen LogP contribution in [0.15, 0.2) is 60.7 Å². The maximum Gasteiger partial charge on any atom is 0.196 e. The second-order valence-electron chi connectivity index (χ2n) is 9.46. The summed E-state index contributed by atoms with van der Waals surface area (Å²) in [4.78, 5) is 21.1. The number of ketones is 1. The first-order valence-corrected chi connectivity index (χ1v) is 12.7. The predicted octanol–water partition coefficient (Wildman–Crippen LogP) is 6.15. The van der Waals surface area contributed by atoms with Crippen LogP contribution in [0.25, 0.3) is 22.4 Å². The van der Waals surface area contributed by atoms with E-state index in [0.29, 0.717) is 27.8 Å². The molecular formula is C30H33N3O2. The summed E-state index contributed by atoms with van der Waals surface area (Å²) in [6, 6.07) is 19.8. The van der Waals surface area contributed by atoms with Crippen LogP contribution in [-0.4, -0.2) is 33.5 Å². The zero-order chi connectivity index (χ0) is 24.7. The lowest BCUT2D eigenvalue weighted by Gasteiger charge is -2.32. The maximum atomic E-state index is 13.7. The molecule has 0 aliphatic heterocycles. The molecule has 180 valence electrons. The largest absolute Gasteiger partial charge is 0.381 e. The van der Waals surface area contributed by atoms with Crippen molar-refractivity contribution in [1.29, 1.82) is 0 Å². The maximum absolute atomic E-state index is 13.7. The number of hydrogen-bond donors (Lipinski definition) is 1. The summed E-state index contributed by atoms with van der Waals surface area (Å²) in [5.74, 6) is 0.788. The van der Waals surface area contributed by atoms with Crippen LogP contribution >= 0.6 is 0 Å². The Balaban J connectivity index is 1.71. The van der Waals surface area contributed by atoms with E-state index < -0.39 is 5.60 Å². The second kappa shape index (κ2) is 8.97. The summed E-state index contributed by atoms with van der Waals surface area (Å²) < 4.78 is 2.23. The molecule has 1 aliphatic carbocycles. The average molecular weight is 468 g/mol. The summed E-state index contributed by atoms with van der Waals surface area (Å²) in [7, 11) is 0. The van der Waals surface area contributed by atoms with E-state index >= 15 is 0 Å². The van der Waals surface area contributed by atoms with Crippen LogP contribution in [0.2, 0.25) is 0 Å². The molecule has 1 unspecified atom stereocenters. The minimum Gasteiger partial charge on any atom is -0.381 e. The second-order valence-corrected chi connectivity index (χ2v) is 9.46. The number of aliphatic hydroxyl groups is 1. The standard InChI is InChI=1S/C30H33N3O2/c1-5-8-19-33-25-18-17-24-26(28(34)22-11-9-10-12-23(22)30(24,4)35)27(25)31-29(33)20-13-15-21(16-14-20)32(6-2)7-3/h9-18,35H,5-8,19H2,1-4H3. The first-order valence-electron chi connectivity index (χ1n) is 12.7. The van der Waals surface area contributed by atoms with Gasteiger partial charge in [-0.3, -0.25) is 4.79 Å². The van der Waals surface area contributed by atoms with Crippen molar-refractivity contribution >= 4 is 22.5 Å². The normalized spacial score (nSPS) is 16.9. The quantitative estimate of drug-likeness (QED) is 0.354. The zero-order valence-corrected chi connectivity index (χ0v) is 21.0. The van der Waals surface area contributed by atoms with Gasteiger partial charge in [0.05, 0.1) is 11.1 Å². The van der Waals surface area contributed by atoms with Gasteiger partial charge in [0.25, 0.3) is 0 Å². The molecule has 0 saturated carbocycles. The van der Waals surface area contributed by atoms with E-state index in [1.54, 1.807) is 13.0 Å². The highest BCUT2D eigenvalue weighted by atomic mass is 16.3.